The number of aromatic nitrogens is 1. The highest BCUT2D eigenvalue weighted by Gasteiger charge is 2.01. The van der Waals surface area contributed by atoms with Gasteiger partial charge in [0.05, 0.1) is 0 Å². The number of hydrogen-bond donors (Lipinski definition) is 1. The average molecular weight is 141 g/mol. The maximum absolute atomic E-state index is 4.93. The van der Waals surface area contributed by atoms with Crippen molar-refractivity contribution in [3.05, 3.63) is 6.07 Å². The number of hydrogen-bond acceptors (Lipinski definition) is 4. The van der Waals surface area contributed by atoms with Gasteiger partial charge in [-0.2, -0.15) is 0 Å². The van der Waals surface area contributed by atoms with Crippen molar-refractivity contribution in [1.29, 1.82) is 0 Å². The van der Waals surface area contributed by atoms with E-state index < -0.39 is 0 Å². The molecule has 0 saturated heterocycles. The summed E-state index contributed by atoms with van der Waals surface area (Å²) in [6, 6.07) is 1.83. The summed E-state index contributed by atoms with van der Waals surface area (Å²) in [5.74, 6) is 1.51. The van der Waals surface area contributed by atoms with Crippen LogP contribution in [0.4, 0.5) is 11.7 Å². The van der Waals surface area contributed by atoms with Gasteiger partial charge in [0, 0.05) is 27.2 Å². The predicted octanol–water partition coefficient (Wildman–Crippen LogP) is 0.782. The van der Waals surface area contributed by atoms with Crippen molar-refractivity contribution in [2.45, 2.75) is 0 Å². The van der Waals surface area contributed by atoms with Crippen LogP contribution in [-0.4, -0.2) is 26.3 Å². The Balaban J connectivity index is 2.78. The Morgan fingerprint density at radius 2 is 2.30 bits per heavy atom. The largest absolute Gasteiger partial charge is 0.370 e. The first kappa shape index (κ1) is 6.92. The monoisotopic (exact) mass is 141 g/mol. The van der Waals surface area contributed by atoms with Gasteiger partial charge in [-0.1, -0.05) is 5.16 Å². The van der Waals surface area contributed by atoms with Crippen LogP contribution < -0.4 is 10.2 Å². The predicted molar refractivity (Wildman–Crippen MR) is 40.4 cm³/mol. The molecule has 1 heterocycles. The van der Waals surface area contributed by atoms with E-state index in [0.717, 1.165) is 11.7 Å². The smallest absolute Gasteiger partial charge is 0.228 e. The van der Waals surface area contributed by atoms with Gasteiger partial charge in [0.25, 0.3) is 0 Å². The van der Waals surface area contributed by atoms with E-state index in [1.807, 2.05) is 25.1 Å². The minimum Gasteiger partial charge on any atom is -0.370 e. The van der Waals surface area contributed by atoms with Crippen LogP contribution in [0.25, 0.3) is 0 Å². The van der Waals surface area contributed by atoms with Crippen LogP contribution in [0, 0.1) is 0 Å². The Bertz CT molecular complexity index is 207. The normalized spacial score (nSPS) is 9.50. The molecule has 1 rings (SSSR count). The summed E-state index contributed by atoms with van der Waals surface area (Å²) in [5, 5.41) is 6.60. The molecule has 4 nitrogen and oxygen atoms in total. The second-order valence-corrected chi connectivity index (χ2v) is 2.19. The van der Waals surface area contributed by atoms with Crippen molar-refractivity contribution < 1.29 is 4.52 Å². The number of nitrogens with one attached hydrogen (secondary N) is 1. The third kappa shape index (κ3) is 1.21. The maximum Gasteiger partial charge on any atom is 0.228 e. The minimum atomic E-state index is 0.753. The lowest BCUT2D eigenvalue weighted by Crippen LogP contribution is -2.06. The van der Waals surface area contributed by atoms with Crippen LogP contribution in [0.2, 0.25) is 0 Å². The maximum atomic E-state index is 4.93. The second kappa shape index (κ2) is 2.60. The zero-order valence-corrected chi connectivity index (χ0v) is 6.38. The lowest BCUT2D eigenvalue weighted by molar-refractivity contribution is 0.426. The van der Waals surface area contributed by atoms with Crippen molar-refractivity contribution in [2.24, 2.45) is 0 Å². The Morgan fingerprint density at radius 1 is 1.60 bits per heavy atom. The number of rotatable bonds is 2. The molecule has 0 aromatic carbocycles. The minimum absolute atomic E-state index is 0.753. The van der Waals surface area contributed by atoms with Crippen LogP contribution in [0.1, 0.15) is 0 Å². The molecule has 1 N–H and O–H groups in total. The molecule has 0 aliphatic carbocycles. The van der Waals surface area contributed by atoms with E-state index in [0.29, 0.717) is 0 Å². The first-order valence-corrected chi connectivity index (χ1v) is 3.06. The highest BCUT2D eigenvalue weighted by Crippen LogP contribution is 2.14. The number of nitrogens with zero attached hydrogens (tertiary/aromatic N) is 2. The van der Waals surface area contributed by atoms with Crippen LogP contribution in [0.5, 0.6) is 0 Å². The first-order valence-electron chi connectivity index (χ1n) is 3.06. The Kier molecular flexibility index (Phi) is 1.80. The van der Waals surface area contributed by atoms with E-state index in [2.05, 4.69) is 10.5 Å². The summed E-state index contributed by atoms with van der Waals surface area (Å²) in [6.45, 7) is 0. The summed E-state index contributed by atoms with van der Waals surface area (Å²) in [4.78, 5) is 1.86. The van der Waals surface area contributed by atoms with E-state index in [4.69, 9.17) is 4.52 Å². The van der Waals surface area contributed by atoms with Crippen molar-refractivity contribution in [1.82, 2.24) is 5.16 Å². The lowest BCUT2D eigenvalue weighted by Gasteiger charge is -2.03. The molecular formula is C6H11N3O. The highest BCUT2D eigenvalue weighted by molar-refractivity contribution is 5.45. The molecule has 0 radical (unpaired) electrons. The number of anilines is 2. The van der Waals surface area contributed by atoms with Gasteiger partial charge in [0.1, 0.15) is 0 Å². The van der Waals surface area contributed by atoms with E-state index in [-0.39, 0.29) is 0 Å². The molecule has 0 atom stereocenters. The molecule has 1 aromatic heterocycles. The van der Waals surface area contributed by atoms with Gasteiger partial charge in [-0.15, -0.1) is 0 Å². The topological polar surface area (TPSA) is 41.3 Å². The van der Waals surface area contributed by atoms with Crippen molar-refractivity contribution in [3.63, 3.8) is 0 Å². The van der Waals surface area contributed by atoms with Gasteiger partial charge in [-0.3, -0.25) is 0 Å². The molecule has 4 heteroatoms. The van der Waals surface area contributed by atoms with E-state index >= 15 is 0 Å². The standard InChI is InChI=1S/C6H11N3O/c1-7-5-4-6(9(2)3)10-8-5/h4H,1-3H3,(H,7,8). The summed E-state index contributed by atoms with van der Waals surface area (Å²) < 4.78 is 4.93. The molecule has 0 spiro atoms. The third-order valence-corrected chi connectivity index (χ3v) is 1.19. The van der Waals surface area contributed by atoms with Gasteiger partial charge < -0.3 is 14.7 Å². The average Bonchev–Trinajstić information content (AvgIpc) is 2.34. The Labute approximate surface area is 59.8 Å². The fraction of sp³-hybridized carbons (Fsp3) is 0.500. The molecule has 0 aliphatic heterocycles. The first-order chi connectivity index (χ1) is 4.74. The molecule has 0 saturated carbocycles. The second-order valence-electron chi connectivity index (χ2n) is 2.19. The fourth-order valence-corrected chi connectivity index (χ4v) is 0.594. The van der Waals surface area contributed by atoms with Crippen molar-refractivity contribution in [2.75, 3.05) is 31.4 Å². The van der Waals surface area contributed by atoms with Gasteiger partial charge >= 0.3 is 0 Å². The zero-order valence-electron chi connectivity index (χ0n) is 6.38. The van der Waals surface area contributed by atoms with Crippen LogP contribution in [0.3, 0.4) is 0 Å². The summed E-state index contributed by atoms with van der Waals surface area (Å²) >= 11 is 0. The molecule has 56 valence electrons. The molecule has 0 unspecified atom stereocenters. The van der Waals surface area contributed by atoms with E-state index in [9.17, 15) is 0 Å². The Hall–Kier alpha value is -1.19. The summed E-state index contributed by atoms with van der Waals surface area (Å²) in [6.07, 6.45) is 0. The van der Waals surface area contributed by atoms with Gasteiger partial charge in [0.2, 0.25) is 5.88 Å². The molecule has 0 fully saturated rings. The molecule has 10 heavy (non-hydrogen) atoms. The van der Waals surface area contributed by atoms with Gasteiger partial charge in [-0.25, -0.2) is 0 Å². The van der Waals surface area contributed by atoms with Crippen LogP contribution in [-0.2, 0) is 0 Å². The van der Waals surface area contributed by atoms with Gasteiger partial charge in [0.15, 0.2) is 5.82 Å². The summed E-state index contributed by atoms with van der Waals surface area (Å²) in [5.41, 5.74) is 0. The van der Waals surface area contributed by atoms with Gasteiger partial charge in [-0.05, 0) is 0 Å². The van der Waals surface area contributed by atoms with E-state index in [1.54, 1.807) is 7.05 Å². The third-order valence-electron chi connectivity index (χ3n) is 1.19. The van der Waals surface area contributed by atoms with Crippen LogP contribution >= 0.6 is 0 Å². The van der Waals surface area contributed by atoms with Crippen LogP contribution in [0.15, 0.2) is 10.6 Å². The molecule has 0 amide bonds. The SMILES string of the molecule is CNc1cc(N(C)C)on1. The Morgan fingerprint density at radius 3 is 2.60 bits per heavy atom. The fourth-order valence-electron chi connectivity index (χ4n) is 0.594. The lowest BCUT2D eigenvalue weighted by atomic mass is 10.5. The summed E-state index contributed by atoms with van der Waals surface area (Å²) in [7, 11) is 5.61. The van der Waals surface area contributed by atoms with E-state index in [1.165, 1.54) is 0 Å². The highest BCUT2D eigenvalue weighted by atomic mass is 16.5. The quantitative estimate of drug-likeness (QED) is 0.660. The zero-order chi connectivity index (χ0) is 7.56. The molecule has 0 bridgehead atoms. The molecular weight excluding hydrogens is 130 g/mol. The molecule has 1 aromatic rings. The van der Waals surface area contributed by atoms with Crippen molar-refractivity contribution >= 4 is 11.7 Å². The molecule has 0 aliphatic rings. The van der Waals surface area contributed by atoms with Crippen molar-refractivity contribution in [3.8, 4) is 0 Å².